The molecule has 1 aliphatic carbocycles. The van der Waals surface area contributed by atoms with E-state index in [0.717, 1.165) is 61.6 Å². The van der Waals surface area contributed by atoms with Crippen LogP contribution in [0.25, 0.3) is 94.9 Å². The van der Waals surface area contributed by atoms with E-state index < -0.39 is 0 Å². The summed E-state index contributed by atoms with van der Waals surface area (Å²) in [5.41, 5.74) is 19.2. The van der Waals surface area contributed by atoms with E-state index in [9.17, 15) is 0 Å². The minimum atomic E-state index is -0.219. The highest BCUT2D eigenvalue weighted by Gasteiger charge is 2.36. The van der Waals surface area contributed by atoms with Gasteiger partial charge < -0.3 is 18.3 Å². The second-order valence-electron chi connectivity index (χ2n) is 17.4. The fourth-order valence-electron chi connectivity index (χ4n) is 10.00. The second-order valence-corrected chi connectivity index (χ2v) is 17.4. The molecule has 0 radical (unpaired) electrons. The summed E-state index contributed by atoms with van der Waals surface area (Å²) in [7, 11) is 0. The predicted octanol–water partition coefficient (Wildman–Crippen LogP) is 15.8. The van der Waals surface area contributed by atoms with Crippen molar-refractivity contribution in [2.45, 2.75) is 19.3 Å². The van der Waals surface area contributed by atoms with E-state index in [1.165, 1.54) is 49.7 Å². The summed E-state index contributed by atoms with van der Waals surface area (Å²) >= 11 is 0. The van der Waals surface area contributed by atoms with E-state index in [2.05, 4.69) is 181 Å². The third-order valence-electron chi connectivity index (χ3n) is 13.3. The van der Waals surface area contributed by atoms with Crippen molar-refractivity contribution in [3.05, 3.63) is 217 Å². The Morgan fingerprint density at radius 1 is 0.415 bits per heavy atom. The fourth-order valence-corrected chi connectivity index (χ4v) is 10.00. The lowest BCUT2D eigenvalue weighted by Crippen LogP contribution is -2.15. The molecule has 3 aromatic heterocycles. The zero-order chi connectivity index (χ0) is 43.2. The van der Waals surface area contributed by atoms with Crippen molar-refractivity contribution >= 4 is 61.1 Å². The maximum absolute atomic E-state index is 6.19. The molecule has 0 N–H and O–H groups in total. The normalized spacial score (nSPS) is 12.9. The monoisotopic (exact) mass is 836 g/mol. The van der Waals surface area contributed by atoms with Gasteiger partial charge in [-0.05, 0) is 149 Å². The molecule has 6 nitrogen and oxygen atoms in total. The van der Waals surface area contributed by atoms with Crippen LogP contribution in [0.5, 0.6) is 0 Å². The molecule has 65 heavy (non-hydrogen) atoms. The van der Waals surface area contributed by atoms with Crippen LogP contribution in [0.3, 0.4) is 0 Å². The number of hydrogen-bond donors (Lipinski definition) is 0. The second kappa shape index (κ2) is 14.3. The summed E-state index contributed by atoms with van der Waals surface area (Å²) in [5.74, 6) is 1.25. The van der Waals surface area contributed by atoms with Crippen LogP contribution in [0.4, 0.5) is 17.1 Å². The minimum Gasteiger partial charge on any atom is -0.436 e. The van der Waals surface area contributed by atoms with Gasteiger partial charge in [0.05, 0.1) is 11.0 Å². The van der Waals surface area contributed by atoms with Crippen LogP contribution in [0.15, 0.2) is 215 Å². The molecule has 0 bridgehead atoms. The number of aromatic nitrogens is 3. The molecule has 3 heterocycles. The van der Waals surface area contributed by atoms with Gasteiger partial charge in [-0.15, -0.1) is 0 Å². The summed E-state index contributed by atoms with van der Waals surface area (Å²) in [6.45, 7) is 4.72. The fraction of sp³-hybridized carbons (Fsp3) is 0.0508. The Labute approximate surface area is 375 Å². The summed E-state index contributed by atoms with van der Waals surface area (Å²) in [6.07, 6.45) is 0. The highest BCUT2D eigenvalue weighted by molar-refractivity contribution is 6.10. The van der Waals surface area contributed by atoms with Crippen molar-refractivity contribution in [2.24, 2.45) is 0 Å². The quantitative estimate of drug-likeness (QED) is 0.160. The van der Waals surface area contributed by atoms with E-state index in [0.29, 0.717) is 11.8 Å². The van der Waals surface area contributed by atoms with Gasteiger partial charge in [0.2, 0.25) is 11.8 Å². The van der Waals surface area contributed by atoms with Gasteiger partial charge in [0, 0.05) is 50.1 Å². The summed E-state index contributed by atoms with van der Waals surface area (Å²) in [5, 5.41) is 2.36. The molecule has 0 aliphatic heterocycles. The van der Waals surface area contributed by atoms with Crippen LogP contribution in [-0.2, 0) is 5.41 Å². The Hall–Kier alpha value is -8.48. The molecule has 6 heteroatoms. The van der Waals surface area contributed by atoms with E-state index in [4.69, 9.17) is 18.8 Å². The molecule has 9 aromatic carbocycles. The van der Waals surface area contributed by atoms with Crippen LogP contribution in [0.1, 0.15) is 25.0 Å². The van der Waals surface area contributed by atoms with E-state index in [1.54, 1.807) is 0 Å². The van der Waals surface area contributed by atoms with E-state index in [-0.39, 0.29) is 5.41 Å². The summed E-state index contributed by atoms with van der Waals surface area (Å²) < 4.78 is 14.7. The van der Waals surface area contributed by atoms with Gasteiger partial charge in [-0.2, -0.15) is 0 Å². The Bertz CT molecular complexity index is 3730. The van der Waals surface area contributed by atoms with Crippen molar-refractivity contribution in [3.8, 4) is 50.8 Å². The third kappa shape index (κ3) is 5.95. The molecular formula is C59H40N4O2. The van der Waals surface area contributed by atoms with Gasteiger partial charge in [-0.1, -0.05) is 105 Å². The lowest BCUT2D eigenvalue weighted by molar-refractivity contribution is 0.619. The topological polar surface area (TPSA) is 60.2 Å². The van der Waals surface area contributed by atoms with Crippen LogP contribution in [-0.4, -0.2) is 14.5 Å². The molecule has 0 spiro atoms. The predicted molar refractivity (Wildman–Crippen MR) is 264 cm³/mol. The van der Waals surface area contributed by atoms with Gasteiger partial charge in [-0.25, -0.2) is 9.97 Å². The summed E-state index contributed by atoms with van der Waals surface area (Å²) in [4.78, 5) is 11.8. The van der Waals surface area contributed by atoms with E-state index in [1.807, 2.05) is 48.5 Å². The molecule has 1 aliphatic rings. The van der Waals surface area contributed by atoms with Crippen molar-refractivity contribution in [1.82, 2.24) is 14.5 Å². The number of para-hydroxylation sites is 6. The first kappa shape index (κ1) is 37.1. The van der Waals surface area contributed by atoms with Crippen LogP contribution >= 0.6 is 0 Å². The van der Waals surface area contributed by atoms with Gasteiger partial charge >= 0.3 is 0 Å². The van der Waals surface area contributed by atoms with Gasteiger partial charge in [0.1, 0.15) is 11.0 Å². The van der Waals surface area contributed by atoms with Crippen molar-refractivity contribution < 1.29 is 8.83 Å². The SMILES string of the molecule is CC1(C)c2cc(-c3ccc(N(c4ccccc4)c4ccc(-c5nc6ccccc6o5)cc4)cc3)ccc2-c2ccc(-n3c4ccccc4c4cc(-c5nc6ccccc6o5)ccc43)cc21. The molecule has 0 fully saturated rings. The Morgan fingerprint density at radius 3 is 1.63 bits per heavy atom. The van der Waals surface area contributed by atoms with Crippen molar-refractivity contribution in [2.75, 3.05) is 4.90 Å². The molecule has 308 valence electrons. The van der Waals surface area contributed by atoms with Crippen LogP contribution in [0.2, 0.25) is 0 Å². The lowest BCUT2D eigenvalue weighted by Gasteiger charge is -2.26. The minimum absolute atomic E-state index is 0.219. The maximum atomic E-state index is 6.19. The van der Waals surface area contributed by atoms with Crippen LogP contribution < -0.4 is 4.90 Å². The third-order valence-corrected chi connectivity index (χ3v) is 13.3. The van der Waals surface area contributed by atoms with Crippen molar-refractivity contribution in [1.29, 1.82) is 0 Å². The first-order valence-electron chi connectivity index (χ1n) is 22.1. The Morgan fingerprint density at radius 2 is 0.938 bits per heavy atom. The molecule has 0 saturated heterocycles. The summed E-state index contributed by atoms with van der Waals surface area (Å²) in [6, 6.07) is 72.9. The Kier molecular flexibility index (Phi) is 8.15. The van der Waals surface area contributed by atoms with Crippen LogP contribution in [0, 0.1) is 0 Å². The van der Waals surface area contributed by atoms with Gasteiger partial charge in [0.15, 0.2) is 11.2 Å². The zero-order valence-electron chi connectivity index (χ0n) is 35.7. The molecule has 0 saturated carbocycles. The highest BCUT2D eigenvalue weighted by Crippen LogP contribution is 2.51. The average molecular weight is 837 g/mol. The molecule has 12 aromatic rings. The highest BCUT2D eigenvalue weighted by atomic mass is 16.4. The Balaban J connectivity index is 0.824. The largest absolute Gasteiger partial charge is 0.436 e. The number of fused-ring (bicyclic) bond motifs is 8. The average Bonchev–Trinajstić information content (AvgIpc) is 4.12. The smallest absolute Gasteiger partial charge is 0.227 e. The first-order valence-corrected chi connectivity index (χ1v) is 22.1. The number of anilines is 3. The number of rotatable bonds is 7. The van der Waals surface area contributed by atoms with Crippen molar-refractivity contribution in [3.63, 3.8) is 0 Å². The molecule has 0 amide bonds. The number of benzene rings is 9. The molecule has 13 rings (SSSR count). The number of nitrogens with zero attached hydrogens (tertiary/aromatic N) is 4. The van der Waals surface area contributed by atoms with E-state index >= 15 is 0 Å². The van der Waals surface area contributed by atoms with Gasteiger partial charge in [0.25, 0.3) is 0 Å². The lowest BCUT2D eigenvalue weighted by atomic mass is 9.81. The maximum Gasteiger partial charge on any atom is 0.227 e. The molecule has 0 atom stereocenters. The molecule has 0 unspecified atom stereocenters. The zero-order valence-corrected chi connectivity index (χ0v) is 35.7. The first-order chi connectivity index (χ1) is 31.9. The number of oxazole rings is 2. The standard InChI is InChI=1S/C59H40N4O2/c1-59(2)49-35-39(37-20-26-42(27-21-37)62(41-12-4-3-5-13-41)43-28-22-38(23-29-43)57-60-51-15-7-10-18-55(51)64-57)24-31-45(49)46-32-30-44(36-50(46)59)63-53-17-9-6-14-47(53)48-34-40(25-33-54(48)63)58-61-52-16-8-11-19-56(52)65-58/h3-36H,1-2H3. The molecular weight excluding hydrogens is 797 g/mol. The van der Waals surface area contributed by atoms with Gasteiger partial charge in [-0.3, -0.25) is 0 Å². The number of hydrogen-bond acceptors (Lipinski definition) is 5.